The molecule has 0 saturated carbocycles. The van der Waals surface area contributed by atoms with E-state index in [9.17, 15) is 13.2 Å². The first kappa shape index (κ1) is 10.3. The predicted octanol–water partition coefficient (Wildman–Crippen LogP) is 1.54. The fourth-order valence-corrected chi connectivity index (χ4v) is 0.732. The summed E-state index contributed by atoms with van der Waals surface area (Å²) in [6.07, 6.45) is 1.47. The van der Waals surface area contributed by atoms with Gasteiger partial charge in [-0.05, 0) is 6.07 Å². The molecule has 1 aromatic heterocycles. The van der Waals surface area contributed by atoms with Gasteiger partial charge < -0.3 is 5.32 Å². The van der Waals surface area contributed by atoms with Gasteiger partial charge in [0.2, 0.25) is 5.95 Å². The van der Waals surface area contributed by atoms with Gasteiger partial charge >= 0.3 is 6.18 Å². The van der Waals surface area contributed by atoms with Gasteiger partial charge in [0, 0.05) is 6.20 Å². The highest BCUT2D eigenvalue weighted by molar-refractivity contribution is 5.27. The molecule has 1 N–H and O–H groups in total. The summed E-state index contributed by atoms with van der Waals surface area (Å²) in [7, 11) is 0. The molecule has 0 amide bonds. The highest BCUT2D eigenvalue weighted by atomic mass is 19.4. The summed E-state index contributed by atoms with van der Waals surface area (Å²) < 4.78 is 36.4. The molecule has 14 heavy (non-hydrogen) atoms. The van der Waals surface area contributed by atoms with Crippen molar-refractivity contribution in [2.75, 3.05) is 11.9 Å². The number of rotatable bonds is 2. The summed E-state index contributed by atoms with van der Waals surface area (Å²) in [6, 6.07) is 0.793. The second-order valence-electron chi connectivity index (χ2n) is 2.32. The van der Waals surface area contributed by atoms with Crippen molar-refractivity contribution in [2.45, 2.75) is 6.18 Å². The monoisotopic (exact) mass is 201 g/mol. The van der Waals surface area contributed by atoms with Crippen LogP contribution in [0.5, 0.6) is 0 Å². The van der Waals surface area contributed by atoms with Crippen molar-refractivity contribution in [3.63, 3.8) is 0 Å². The Bertz CT molecular complexity index is 354. The molecule has 0 saturated heterocycles. The minimum Gasteiger partial charge on any atom is -0.343 e. The van der Waals surface area contributed by atoms with E-state index in [2.05, 4.69) is 21.2 Å². The molecule has 0 radical (unpaired) electrons. The van der Waals surface area contributed by atoms with Gasteiger partial charge in [0.1, 0.15) is 5.69 Å². The minimum atomic E-state index is -4.46. The Hall–Kier alpha value is -1.77. The maximum Gasteiger partial charge on any atom is 0.433 e. The van der Waals surface area contributed by atoms with Crippen LogP contribution in [0.15, 0.2) is 12.3 Å². The molecule has 0 bridgehead atoms. The van der Waals surface area contributed by atoms with Crippen molar-refractivity contribution in [1.82, 2.24) is 9.97 Å². The average Bonchev–Trinajstić information content (AvgIpc) is 2.14. The molecule has 0 aliphatic carbocycles. The van der Waals surface area contributed by atoms with Crippen LogP contribution in [0.4, 0.5) is 19.1 Å². The van der Waals surface area contributed by atoms with E-state index in [1.54, 1.807) is 0 Å². The Balaban J connectivity index is 2.86. The summed E-state index contributed by atoms with van der Waals surface area (Å²) in [5.41, 5.74) is -0.993. The number of hydrogen-bond donors (Lipinski definition) is 1. The van der Waals surface area contributed by atoms with Crippen molar-refractivity contribution in [2.24, 2.45) is 0 Å². The highest BCUT2D eigenvalue weighted by Crippen LogP contribution is 2.27. The molecule has 1 aromatic rings. The summed E-state index contributed by atoms with van der Waals surface area (Å²) >= 11 is 0. The van der Waals surface area contributed by atoms with Crippen molar-refractivity contribution >= 4 is 5.95 Å². The third-order valence-electron chi connectivity index (χ3n) is 1.29. The first-order chi connectivity index (χ1) is 6.54. The lowest BCUT2D eigenvalue weighted by atomic mass is 10.4. The third-order valence-corrected chi connectivity index (χ3v) is 1.29. The Morgan fingerprint density at radius 3 is 2.79 bits per heavy atom. The molecule has 0 aliphatic rings. The lowest BCUT2D eigenvalue weighted by Gasteiger charge is -2.06. The van der Waals surface area contributed by atoms with E-state index in [4.69, 9.17) is 6.42 Å². The zero-order chi connectivity index (χ0) is 10.6. The fourth-order valence-electron chi connectivity index (χ4n) is 0.732. The molecule has 3 nitrogen and oxygen atoms in total. The summed E-state index contributed by atoms with van der Waals surface area (Å²) in [4.78, 5) is 6.81. The SMILES string of the molecule is C#CCNc1nccc(C(F)(F)F)n1. The van der Waals surface area contributed by atoms with Crippen LogP contribution in [0.1, 0.15) is 5.69 Å². The Labute approximate surface area is 78.4 Å². The van der Waals surface area contributed by atoms with Crippen LogP contribution >= 0.6 is 0 Å². The van der Waals surface area contributed by atoms with Crippen molar-refractivity contribution < 1.29 is 13.2 Å². The number of aromatic nitrogens is 2. The van der Waals surface area contributed by atoms with E-state index < -0.39 is 11.9 Å². The molecule has 0 aromatic carbocycles. The number of hydrogen-bond acceptors (Lipinski definition) is 3. The number of anilines is 1. The second kappa shape index (κ2) is 3.96. The molecule has 74 valence electrons. The number of nitrogens with zero attached hydrogens (tertiary/aromatic N) is 2. The van der Waals surface area contributed by atoms with E-state index in [0.717, 1.165) is 12.3 Å². The van der Waals surface area contributed by atoms with E-state index in [0.29, 0.717) is 0 Å². The Morgan fingerprint density at radius 1 is 1.50 bits per heavy atom. The lowest BCUT2D eigenvalue weighted by molar-refractivity contribution is -0.141. The molecule has 1 rings (SSSR count). The smallest absolute Gasteiger partial charge is 0.343 e. The van der Waals surface area contributed by atoms with Crippen LogP contribution in [-0.2, 0) is 6.18 Å². The lowest BCUT2D eigenvalue weighted by Crippen LogP contribution is -2.11. The number of nitrogens with one attached hydrogen (secondary N) is 1. The van der Waals surface area contributed by atoms with Gasteiger partial charge in [-0.25, -0.2) is 9.97 Å². The number of alkyl halides is 3. The predicted molar refractivity (Wildman–Crippen MR) is 44.4 cm³/mol. The zero-order valence-corrected chi connectivity index (χ0v) is 6.97. The van der Waals surface area contributed by atoms with Gasteiger partial charge in [-0.3, -0.25) is 0 Å². The van der Waals surface area contributed by atoms with E-state index in [1.165, 1.54) is 0 Å². The largest absolute Gasteiger partial charge is 0.433 e. The molecule has 0 unspecified atom stereocenters. The summed E-state index contributed by atoms with van der Waals surface area (Å²) in [6.45, 7) is 0.0846. The average molecular weight is 201 g/mol. The maximum atomic E-state index is 12.1. The maximum absolute atomic E-state index is 12.1. The molecule has 0 aliphatic heterocycles. The van der Waals surface area contributed by atoms with E-state index in [-0.39, 0.29) is 12.5 Å². The van der Waals surface area contributed by atoms with Gasteiger partial charge in [0.05, 0.1) is 6.54 Å². The Morgan fingerprint density at radius 2 is 2.21 bits per heavy atom. The van der Waals surface area contributed by atoms with Gasteiger partial charge in [0.25, 0.3) is 0 Å². The topological polar surface area (TPSA) is 37.8 Å². The normalized spacial score (nSPS) is 10.7. The van der Waals surface area contributed by atoms with Crippen LogP contribution in [0.25, 0.3) is 0 Å². The molecule has 1 heterocycles. The molecule has 0 spiro atoms. The van der Waals surface area contributed by atoms with Crippen LogP contribution in [0, 0.1) is 12.3 Å². The highest BCUT2D eigenvalue weighted by Gasteiger charge is 2.32. The van der Waals surface area contributed by atoms with Crippen LogP contribution in [0.2, 0.25) is 0 Å². The molecular weight excluding hydrogens is 195 g/mol. The van der Waals surface area contributed by atoms with Crippen molar-refractivity contribution in [3.05, 3.63) is 18.0 Å². The van der Waals surface area contributed by atoms with E-state index in [1.807, 2.05) is 0 Å². The molecule has 0 atom stereocenters. The van der Waals surface area contributed by atoms with Crippen molar-refractivity contribution in [1.29, 1.82) is 0 Å². The number of terminal acetylenes is 1. The van der Waals surface area contributed by atoms with Crippen LogP contribution in [0.3, 0.4) is 0 Å². The third kappa shape index (κ3) is 2.62. The second-order valence-corrected chi connectivity index (χ2v) is 2.32. The fraction of sp³-hybridized carbons (Fsp3) is 0.250. The summed E-state index contributed by atoms with van der Waals surface area (Å²) in [5.74, 6) is 2.07. The van der Waals surface area contributed by atoms with Crippen LogP contribution < -0.4 is 5.32 Å². The first-order valence-electron chi connectivity index (χ1n) is 3.61. The zero-order valence-electron chi connectivity index (χ0n) is 6.97. The van der Waals surface area contributed by atoms with Gasteiger partial charge in [0.15, 0.2) is 0 Å². The van der Waals surface area contributed by atoms with Crippen molar-refractivity contribution in [3.8, 4) is 12.3 Å². The van der Waals surface area contributed by atoms with Crippen LogP contribution in [-0.4, -0.2) is 16.5 Å². The number of halogens is 3. The first-order valence-corrected chi connectivity index (χ1v) is 3.61. The molecule has 0 fully saturated rings. The Kier molecular flexibility index (Phi) is 2.92. The molecule has 6 heteroatoms. The quantitative estimate of drug-likeness (QED) is 0.737. The van der Waals surface area contributed by atoms with Gasteiger partial charge in [-0.1, -0.05) is 5.92 Å². The minimum absolute atomic E-state index is 0.0846. The molecular formula is C8H6F3N3. The summed E-state index contributed by atoms with van der Waals surface area (Å²) in [5, 5.41) is 2.45. The van der Waals surface area contributed by atoms with Gasteiger partial charge in [-0.15, -0.1) is 6.42 Å². The standard InChI is InChI=1S/C8H6F3N3/c1-2-4-12-7-13-5-3-6(14-7)8(9,10)11/h1,3,5H,4H2,(H,12,13,14). The van der Waals surface area contributed by atoms with Gasteiger partial charge in [-0.2, -0.15) is 13.2 Å². The van der Waals surface area contributed by atoms with E-state index >= 15 is 0 Å².